The molecule has 0 radical (unpaired) electrons. The lowest BCUT2D eigenvalue weighted by atomic mass is 9.31. The largest absolute Gasteiger partial charge is 0.377 e. The molecule has 7 rings (SSSR count). The van der Waals surface area contributed by atoms with Gasteiger partial charge in [0.15, 0.2) is 5.78 Å². The highest BCUT2D eigenvalue weighted by Gasteiger charge is 2.73. The van der Waals surface area contributed by atoms with Gasteiger partial charge in [0.05, 0.1) is 12.7 Å². The molecular weight excluding hydrogens is 478 g/mol. The van der Waals surface area contributed by atoms with Gasteiger partial charge in [0.2, 0.25) is 0 Å². The van der Waals surface area contributed by atoms with Crippen molar-refractivity contribution in [2.45, 2.75) is 112 Å². The standard InChI is InChI=1S/C36H51NO2/c1-31(2)14-16-36-17-15-34(6)25(28(36)30(31)39-22-36)10-11-27-33(5)20-24(19-23-9-8-18-37-21-23)29(38)32(3,4)26(33)12-13-35(27,34)7/h8-9,18-19,21,25-28,30H,10-17,20,22H2,1-7H3/b24-19-/t25-,26+,27-,28+,30-,33+,34-,35-,36-/m1/s1. The van der Waals surface area contributed by atoms with Gasteiger partial charge in [0.1, 0.15) is 0 Å². The molecule has 6 aliphatic rings. The van der Waals surface area contributed by atoms with Crippen molar-refractivity contribution in [3.63, 3.8) is 0 Å². The number of ether oxygens (including phenoxy) is 1. The number of fused-ring (bicyclic) bond motifs is 5. The van der Waals surface area contributed by atoms with Gasteiger partial charge in [-0.25, -0.2) is 0 Å². The smallest absolute Gasteiger partial charge is 0.164 e. The van der Waals surface area contributed by atoms with Crippen LogP contribution in [0.25, 0.3) is 6.08 Å². The van der Waals surface area contributed by atoms with Crippen molar-refractivity contribution in [1.29, 1.82) is 0 Å². The van der Waals surface area contributed by atoms with E-state index < -0.39 is 0 Å². The van der Waals surface area contributed by atoms with E-state index in [0.29, 0.717) is 45.4 Å². The van der Waals surface area contributed by atoms with E-state index >= 15 is 0 Å². The minimum atomic E-state index is -0.322. The zero-order valence-electron chi connectivity index (χ0n) is 25.6. The van der Waals surface area contributed by atoms with Gasteiger partial charge in [0, 0.05) is 17.8 Å². The molecule has 3 heteroatoms. The summed E-state index contributed by atoms with van der Waals surface area (Å²) < 4.78 is 6.76. The lowest BCUT2D eigenvalue weighted by molar-refractivity contribution is -0.236. The van der Waals surface area contributed by atoms with E-state index in [9.17, 15) is 4.79 Å². The first-order chi connectivity index (χ1) is 18.3. The fourth-order valence-corrected chi connectivity index (χ4v) is 12.6. The second-order valence-electron chi connectivity index (χ2n) is 17.0. The van der Waals surface area contributed by atoms with Crippen molar-refractivity contribution in [3.05, 3.63) is 35.7 Å². The normalized spacial score (nSPS) is 50.5. The van der Waals surface area contributed by atoms with E-state index in [0.717, 1.165) is 36.0 Å². The van der Waals surface area contributed by atoms with Crippen LogP contribution in [0.4, 0.5) is 0 Å². The molecular formula is C36H51NO2. The number of carbonyl (C=O) groups excluding carboxylic acids is 1. The van der Waals surface area contributed by atoms with Gasteiger partial charge in [-0.1, -0.05) is 54.5 Å². The number of allylic oxidation sites excluding steroid dienone is 1. The van der Waals surface area contributed by atoms with Gasteiger partial charge in [-0.05, 0) is 132 Å². The molecule has 1 aliphatic heterocycles. The molecule has 0 aromatic carbocycles. The third kappa shape index (κ3) is 3.26. The quantitative estimate of drug-likeness (QED) is 0.342. The summed E-state index contributed by atoms with van der Waals surface area (Å²) in [5, 5.41) is 0. The predicted molar refractivity (Wildman–Crippen MR) is 157 cm³/mol. The van der Waals surface area contributed by atoms with Crippen LogP contribution in [0.2, 0.25) is 0 Å². The molecule has 1 saturated heterocycles. The summed E-state index contributed by atoms with van der Waals surface area (Å²) in [4.78, 5) is 18.3. The Morgan fingerprint density at radius 2 is 1.67 bits per heavy atom. The van der Waals surface area contributed by atoms with Crippen LogP contribution in [0.1, 0.15) is 112 Å². The fraction of sp³-hybridized carbons (Fsp3) is 0.778. The molecule has 0 amide bonds. The van der Waals surface area contributed by atoms with E-state index in [1.54, 1.807) is 0 Å². The van der Waals surface area contributed by atoms with Crippen LogP contribution in [0.3, 0.4) is 0 Å². The van der Waals surface area contributed by atoms with Crippen molar-refractivity contribution < 1.29 is 9.53 Å². The zero-order chi connectivity index (χ0) is 27.6. The van der Waals surface area contributed by atoms with E-state index in [4.69, 9.17) is 4.74 Å². The molecule has 5 aliphatic carbocycles. The average molecular weight is 530 g/mol. The molecule has 1 aromatic heterocycles. The summed E-state index contributed by atoms with van der Waals surface area (Å²) >= 11 is 0. The molecule has 0 spiro atoms. The van der Waals surface area contributed by atoms with Crippen molar-refractivity contribution in [3.8, 4) is 0 Å². The van der Waals surface area contributed by atoms with Gasteiger partial charge >= 0.3 is 0 Å². The van der Waals surface area contributed by atoms with E-state index in [-0.39, 0.29) is 10.8 Å². The molecule has 0 unspecified atom stereocenters. The first-order valence-electron chi connectivity index (χ1n) is 16.1. The number of aromatic nitrogens is 1. The summed E-state index contributed by atoms with van der Waals surface area (Å²) in [6.07, 6.45) is 17.8. The molecule has 2 bridgehead atoms. The maximum atomic E-state index is 14.0. The summed E-state index contributed by atoms with van der Waals surface area (Å²) in [5.74, 6) is 2.97. The third-order valence-electron chi connectivity index (χ3n) is 14.7. The Morgan fingerprint density at radius 3 is 2.41 bits per heavy atom. The van der Waals surface area contributed by atoms with Crippen LogP contribution >= 0.6 is 0 Å². The SMILES string of the molecule is CC1(C)CC[C@]23CC[C@]4(C)[C@H](CC[C@@H]5[C@@]6(C)C/C(=C/c7cccnc7)C(=O)C(C)(C)[C@@H]6CC[C@]54C)[C@H]2[C@H]1OC3. The second kappa shape index (κ2) is 8.08. The maximum absolute atomic E-state index is 14.0. The van der Waals surface area contributed by atoms with Crippen LogP contribution in [-0.2, 0) is 9.53 Å². The number of nitrogens with zero attached hydrogens (tertiary/aromatic N) is 1. The van der Waals surface area contributed by atoms with Crippen molar-refractivity contribution in [2.75, 3.05) is 6.61 Å². The number of rotatable bonds is 1. The topological polar surface area (TPSA) is 39.2 Å². The minimum Gasteiger partial charge on any atom is -0.377 e. The Morgan fingerprint density at radius 1 is 0.897 bits per heavy atom. The number of carbonyl (C=O) groups is 1. The number of pyridine rings is 1. The predicted octanol–water partition coefficient (Wildman–Crippen LogP) is 8.53. The number of ketones is 1. The van der Waals surface area contributed by atoms with Crippen molar-refractivity contribution in [2.24, 2.45) is 56.2 Å². The lowest BCUT2D eigenvalue weighted by Crippen LogP contribution is -2.67. The number of hydrogen-bond acceptors (Lipinski definition) is 3. The van der Waals surface area contributed by atoms with Gasteiger partial charge in [-0.2, -0.15) is 0 Å². The van der Waals surface area contributed by atoms with Crippen LogP contribution in [0, 0.1) is 56.2 Å². The van der Waals surface area contributed by atoms with E-state index in [1.807, 2.05) is 18.5 Å². The van der Waals surface area contributed by atoms with Crippen molar-refractivity contribution >= 4 is 11.9 Å². The molecule has 39 heavy (non-hydrogen) atoms. The summed E-state index contributed by atoms with van der Waals surface area (Å²) in [5.41, 5.74) is 3.29. The highest BCUT2D eigenvalue weighted by Crippen LogP contribution is 2.78. The Labute approximate surface area is 237 Å². The molecule has 6 fully saturated rings. The molecule has 9 atom stereocenters. The first-order valence-corrected chi connectivity index (χ1v) is 16.1. The third-order valence-corrected chi connectivity index (χ3v) is 14.7. The molecule has 1 aromatic rings. The summed E-state index contributed by atoms with van der Waals surface area (Å²) in [7, 11) is 0. The molecule has 212 valence electrons. The molecule has 5 saturated carbocycles. The molecule has 3 nitrogen and oxygen atoms in total. The minimum absolute atomic E-state index is 0.142. The van der Waals surface area contributed by atoms with Crippen LogP contribution in [-0.4, -0.2) is 23.5 Å². The molecule has 2 heterocycles. The van der Waals surface area contributed by atoms with Gasteiger partial charge in [0.25, 0.3) is 0 Å². The van der Waals surface area contributed by atoms with Gasteiger partial charge < -0.3 is 4.74 Å². The lowest BCUT2D eigenvalue weighted by Gasteiger charge is -2.73. The Balaban J connectivity index is 1.28. The fourth-order valence-electron chi connectivity index (χ4n) is 12.6. The summed E-state index contributed by atoms with van der Waals surface area (Å²) in [6, 6.07) is 4.07. The van der Waals surface area contributed by atoms with E-state index in [1.165, 1.54) is 51.4 Å². The monoisotopic (exact) mass is 529 g/mol. The van der Waals surface area contributed by atoms with Crippen molar-refractivity contribution in [1.82, 2.24) is 4.98 Å². The Bertz CT molecular complexity index is 1220. The number of Topliss-reactive ketones (excluding diaryl/α,β-unsaturated/α-hetero) is 1. The highest BCUT2D eigenvalue weighted by atomic mass is 16.5. The van der Waals surface area contributed by atoms with Gasteiger partial charge in [-0.3, -0.25) is 9.78 Å². The zero-order valence-corrected chi connectivity index (χ0v) is 25.6. The van der Waals surface area contributed by atoms with E-state index in [2.05, 4.69) is 65.6 Å². The highest BCUT2D eigenvalue weighted by molar-refractivity contribution is 6.04. The Kier molecular flexibility index (Phi) is 5.47. The average Bonchev–Trinajstić information content (AvgIpc) is 3.22. The van der Waals surface area contributed by atoms with Gasteiger partial charge in [-0.15, -0.1) is 0 Å². The van der Waals surface area contributed by atoms with Crippen LogP contribution in [0.5, 0.6) is 0 Å². The van der Waals surface area contributed by atoms with Crippen LogP contribution in [0.15, 0.2) is 30.1 Å². The Hall–Kier alpha value is -1.48. The maximum Gasteiger partial charge on any atom is 0.164 e. The molecule has 0 N–H and O–H groups in total. The number of hydrogen-bond donors (Lipinski definition) is 0. The first kappa shape index (κ1) is 26.4. The second-order valence-corrected chi connectivity index (χ2v) is 17.0. The van der Waals surface area contributed by atoms with Crippen LogP contribution < -0.4 is 0 Å². The summed E-state index contributed by atoms with van der Waals surface area (Å²) in [6.45, 7) is 18.5.